The molecule has 1 saturated heterocycles. The molecular formula is C16H17ClN4O3. The van der Waals surface area contributed by atoms with Crippen LogP contribution in [0.4, 0.5) is 11.4 Å². The van der Waals surface area contributed by atoms with Gasteiger partial charge in [-0.1, -0.05) is 18.5 Å². The van der Waals surface area contributed by atoms with E-state index in [0.717, 1.165) is 12.8 Å². The average molecular weight is 349 g/mol. The minimum Gasteiger partial charge on any atom is -0.360 e. The predicted molar refractivity (Wildman–Crippen MR) is 90.4 cm³/mol. The van der Waals surface area contributed by atoms with E-state index in [1.165, 1.54) is 24.4 Å². The molecule has 0 unspecified atom stereocenters. The van der Waals surface area contributed by atoms with Gasteiger partial charge >= 0.3 is 0 Å². The van der Waals surface area contributed by atoms with Crippen LogP contribution in [-0.2, 0) is 4.79 Å². The SMILES string of the molecule is CC1CCN(C(=O)/C(C#N)=C\Nc2ccc(Cl)c([N+](=O)[O-])c2)CC1. The lowest BCUT2D eigenvalue weighted by Gasteiger charge is -2.30. The molecule has 0 saturated carbocycles. The molecule has 8 heteroatoms. The van der Waals surface area contributed by atoms with E-state index in [0.29, 0.717) is 24.7 Å². The molecule has 0 radical (unpaired) electrons. The maximum Gasteiger partial charge on any atom is 0.289 e. The molecule has 24 heavy (non-hydrogen) atoms. The second kappa shape index (κ2) is 7.79. The van der Waals surface area contributed by atoms with E-state index in [9.17, 15) is 20.2 Å². The minimum atomic E-state index is -0.595. The smallest absolute Gasteiger partial charge is 0.289 e. The fourth-order valence-corrected chi connectivity index (χ4v) is 2.61. The summed E-state index contributed by atoms with van der Waals surface area (Å²) < 4.78 is 0. The number of nitro groups is 1. The van der Waals surface area contributed by atoms with Gasteiger partial charge in [0.05, 0.1) is 4.92 Å². The Morgan fingerprint density at radius 3 is 2.75 bits per heavy atom. The number of nitriles is 1. The third kappa shape index (κ3) is 4.24. The molecule has 1 amide bonds. The molecule has 0 aliphatic carbocycles. The number of nitro benzene ring substituents is 1. The Morgan fingerprint density at radius 2 is 2.17 bits per heavy atom. The Hall–Kier alpha value is -2.59. The van der Waals surface area contributed by atoms with Crippen LogP contribution in [0.2, 0.25) is 5.02 Å². The Kier molecular flexibility index (Phi) is 5.77. The minimum absolute atomic E-state index is 0.0218. The van der Waals surface area contributed by atoms with Crippen molar-refractivity contribution < 1.29 is 9.72 Å². The number of rotatable bonds is 4. The third-order valence-electron chi connectivity index (χ3n) is 3.95. The first-order valence-electron chi connectivity index (χ1n) is 7.52. The summed E-state index contributed by atoms with van der Waals surface area (Å²) in [7, 11) is 0. The number of hydrogen-bond acceptors (Lipinski definition) is 5. The van der Waals surface area contributed by atoms with Crippen molar-refractivity contribution in [1.82, 2.24) is 4.90 Å². The van der Waals surface area contributed by atoms with Crippen molar-refractivity contribution in [2.75, 3.05) is 18.4 Å². The number of benzene rings is 1. The Balaban J connectivity index is 2.11. The number of hydrogen-bond donors (Lipinski definition) is 1. The molecule has 2 rings (SSSR count). The first-order chi connectivity index (χ1) is 11.4. The van der Waals surface area contributed by atoms with Crippen LogP contribution < -0.4 is 5.32 Å². The topological polar surface area (TPSA) is 99.3 Å². The van der Waals surface area contributed by atoms with Crippen LogP contribution in [0.3, 0.4) is 0 Å². The molecule has 1 aromatic rings. The molecular weight excluding hydrogens is 332 g/mol. The number of piperidine rings is 1. The Bertz CT molecular complexity index is 719. The number of anilines is 1. The number of halogens is 1. The second-order valence-corrected chi connectivity index (χ2v) is 6.12. The van der Waals surface area contributed by atoms with E-state index in [1.54, 1.807) is 4.90 Å². The number of nitrogens with one attached hydrogen (secondary N) is 1. The van der Waals surface area contributed by atoms with Gasteiger partial charge in [0.25, 0.3) is 11.6 Å². The predicted octanol–water partition coefficient (Wildman–Crippen LogP) is 3.33. The van der Waals surface area contributed by atoms with Crippen molar-refractivity contribution in [3.63, 3.8) is 0 Å². The van der Waals surface area contributed by atoms with Crippen molar-refractivity contribution in [3.05, 3.63) is 45.1 Å². The fourth-order valence-electron chi connectivity index (χ4n) is 2.42. The Morgan fingerprint density at radius 1 is 1.50 bits per heavy atom. The van der Waals surface area contributed by atoms with Gasteiger partial charge in [0.15, 0.2) is 0 Å². The molecule has 1 heterocycles. The molecule has 1 fully saturated rings. The maximum absolute atomic E-state index is 12.4. The summed E-state index contributed by atoms with van der Waals surface area (Å²) in [6.45, 7) is 3.40. The fraction of sp³-hybridized carbons (Fsp3) is 0.375. The van der Waals surface area contributed by atoms with Gasteiger partial charge in [-0.2, -0.15) is 5.26 Å². The zero-order valence-corrected chi connectivity index (χ0v) is 13.9. The molecule has 1 aromatic carbocycles. The van der Waals surface area contributed by atoms with Gasteiger partial charge in [0.1, 0.15) is 16.7 Å². The molecule has 7 nitrogen and oxygen atoms in total. The average Bonchev–Trinajstić information content (AvgIpc) is 2.57. The molecule has 126 valence electrons. The first-order valence-corrected chi connectivity index (χ1v) is 7.90. The molecule has 0 bridgehead atoms. The van der Waals surface area contributed by atoms with Crippen molar-refractivity contribution in [2.45, 2.75) is 19.8 Å². The number of amides is 1. The second-order valence-electron chi connectivity index (χ2n) is 5.71. The van der Waals surface area contributed by atoms with Crippen molar-refractivity contribution in [1.29, 1.82) is 5.26 Å². The van der Waals surface area contributed by atoms with Gasteiger partial charge in [-0.25, -0.2) is 0 Å². The normalized spacial score (nSPS) is 15.7. The summed E-state index contributed by atoms with van der Waals surface area (Å²) in [4.78, 5) is 24.3. The van der Waals surface area contributed by atoms with Crippen molar-refractivity contribution in [3.8, 4) is 6.07 Å². The van der Waals surface area contributed by atoms with E-state index in [4.69, 9.17) is 11.6 Å². The van der Waals surface area contributed by atoms with Crippen LogP contribution in [0.1, 0.15) is 19.8 Å². The number of likely N-dealkylation sites (tertiary alicyclic amines) is 1. The number of nitrogens with zero attached hydrogens (tertiary/aromatic N) is 3. The van der Waals surface area contributed by atoms with Gasteiger partial charge in [-0.15, -0.1) is 0 Å². The van der Waals surface area contributed by atoms with Crippen LogP contribution in [0.15, 0.2) is 30.0 Å². The van der Waals surface area contributed by atoms with E-state index < -0.39 is 4.92 Å². The third-order valence-corrected chi connectivity index (χ3v) is 4.27. The molecule has 1 aliphatic heterocycles. The van der Waals surface area contributed by atoms with Crippen molar-refractivity contribution in [2.24, 2.45) is 5.92 Å². The maximum atomic E-state index is 12.4. The van der Waals surface area contributed by atoms with Crippen molar-refractivity contribution >= 4 is 28.9 Å². The summed E-state index contributed by atoms with van der Waals surface area (Å²) in [6, 6.07) is 6.05. The highest BCUT2D eigenvalue weighted by Gasteiger charge is 2.23. The Labute approximate surface area is 144 Å². The van der Waals surface area contributed by atoms with Crippen LogP contribution >= 0.6 is 11.6 Å². The van der Waals surface area contributed by atoms with Gasteiger partial charge in [-0.05, 0) is 30.9 Å². The van der Waals surface area contributed by atoms with Crippen LogP contribution in [0.5, 0.6) is 0 Å². The number of carbonyl (C=O) groups is 1. The van der Waals surface area contributed by atoms with Crippen LogP contribution in [0.25, 0.3) is 0 Å². The quantitative estimate of drug-likeness (QED) is 0.389. The summed E-state index contributed by atoms with van der Waals surface area (Å²) in [5.74, 6) is 0.247. The molecule has 1 aliphatic rings. The zero-order chi connectivity index (χ0) is 17.7. The van der Waals surface area contributed by atoms with Gasteiger partial charge < -0.3 is 10.2 Å². The van der Waals surface area contributed by atoms with Crippen LogP contribution in [-0.4, -0.2) is 28.8 Å². The monoisotopic (exact) mass is 348 g/mol. The van der Waals surface area contributed by atoms with Gasteiger partial charge in [-0.3, -0.25) is 14.9 Å². The lowest BCUT2D eigenvalue weighted by atomic mass is 9.99. The number of carbonyl (C=O) groups excluding carboxylic acids is 1. The lowest BCUT2D eigenvalue weighted by molar-refractivity contribution is -0.384. The van der Waals surface area contributed by atoms with E-state index in [-0.39, 0.29) is 22.2 Å². The van der Waals surface area contributed by atoms with Crippen LogP contribution in [0, 0.1) is 27.4 Å². The standard InChI is InChI=1S/C16H17ClN4O3/c1-11-4-6-20(7-5-11)16(22)12(9-18)10-19-13-2-3-14(17)15(8-13)21(23)24/h2-3,8,10-11,19H,4-7H2,1H3/b12-10-. The van der Waals surface area contributed by atoms with Gasteiger partial charge in [0, 0.05) is 31.0 Å². The largest absolute Gasteiger partial charge is 0.360 e. The molecule has 0 spiro atoms. The molecule has 0 aromatic heterocycles. The summed E-state index contributed by atoms with van der Waals surface area (Å²) in [5.41, 5.74) is 0.0889. The summed E-state index contributed by atoms with van der Waals surface area (Å²) in [5, 5.41) is 22.9. The highest BCUT2D eigenvalue weighted by molar-refractivity contribution is 6.32. The van der Waals surface area contributed by atoms with E-state index in [1.807, 2.05) is 6.07 Å². The molecule has 1 N–H and O–H groups in total. The first kappa shape index (κ1) is 17.8. The highest BCUT2D eigenvalue weighted by atomic mass is 35.5. The summed E-state index contributed by atoms with van der Waals surface area (Å²) in [6.07, 6.45) is 3.11. The highest BCUT2D eigenvalue weighted by Crippen LogP contribution is 2.27. The summed E-state index contributed by atoms with van der Waals surface area (Å²) >= 11 is 5.75. The van der Waals surface area contributed by atoms with Gasteiger partial charge in [0.2, 0.25) is 0 Å². The molecule has 0 atom stereocenters. The zero-order valence-electron chi connectivity index (χ0n) is 13.2. The van der Waals surface area contributed by atoms with E-state index in [2.05, 4.69) is 12.2 Å². The van der Waals surface area contributed by atoms with E-state index >= 15 is 0 Å². The lowest BCUT2D eigenvalue weighted by Crippen LogP contribution is -2.38.